The minimum Gasteiger partial charge on any atom is -0.375 e. The first-order valence-corrected chi connectivity index (χ1v) is 5.03. The van der Waals surface area contributed by atoms with Gasteiger partial charge in [-0.3, -0.25) is 4.90 Å². The first kappa shape index (κ1) is 8.52. The lowest BCUT2D eigenvalue weighted by Crippen LogP contribution is -2.50. The van der Waals surface area contributed by atoms with Gasteiger partial charge in [0, 0.05) is 12.1 Å². The number of hydrogen-bond donors (Lipinski definition) is 0. The van der Waals surface area contributed by atoms with Gasteiger partial charge in [0.15, 0.2) is 0 Å². The average molecular weight is 169 g/mol. The molecule has 0 aromatic heterocycles. The maximum absolute atomic E-state index is 5.86. The number of nitrogens with zero attached hydrogens (tertiary/aromatic N) is 1. The third-order valence-electron chi connectivity index (χ3n) is 3.41. The van der Waals surface area contributed by atoms with Crippen molar-refractivity contribution < 1.29 is 4.74 Å². The molecule has 0 spiro atoms. The second kappa shape index (κ2) is 3.00. The minimum atomic E-state index is 0.480. The molecule has 2 bridgehead atoms. The number of fused-ring (bicyclic) bond motifs is 2. The van der Waals surface area contributed by atoms with Gasteiger partial charge in [-0.05, 0) is 25.8 Å². The zero-order valence-electron chi connectivity index (χ0n) is 8.29. The second-order valence-electron chi connectivity index (χ2n) is 4.51. The number of rotatable bonds is 1. The summed E-state index contributed by atoms with van der Waals surface area (Å²) >= 11 is 0. The highest BCUT2D eigenvalue weighted by atomic mass is 16.5. The fourth-order valence-electron chi connectivity index (χ4n) is 2.61. The van der Waals surface area contributed by atoms with Crippen molar-refractivity contribution in [3.8, 4) is 0 Å². The highest BCUT2D eigenvalue weighted by molar-refractivity contribution is 4.95. The van der Waals surface area contributed by atoms with Gasteiger partial charge in [0.25, 0.3) is 0 Å². The molecule has 2 nitrogen and oxygen atoms in total. The lowest BCUT2D eigenvalue weighted by molar-refractivity contribution is -0.0844. The summed E-state index contributed by atoms with van der Waals surface area (Å²) < 4.78 is 5.86. The van der Waals surface area contributed by atoms with Gasteiger partial charge in [0.2, 0.25) is 0 Å². The second-order valence-corrected chi connectivity index (χ2v) is 4.51. The Morgan fingerprint density at radius 3 is 2.75 bits per heavy atom. The van der Waals surface area contributed by atoms with E-state index in [-0.39, 0.29) is 0 Å². The van der Waals surface area contributed by atoms with E-state index in [9.17, 15) is 0 Å². The molecule has 0 amide bonds. The number of likely N-dealkylation sites (N-methyl/N-ethyl adjacent to an activating group) is 1. The van der Waals surface area contributed by atoms with Crippen LogP contribution in [0.1, 0.15) is 26.7 Å². The lowest BCUT2D eigenvalue weighted by Gasteiger charge is -2.39. The topological polar surface area (TPSA) is 12.5 Å². The van der Waals surface area contributed by atoms with Crippen LogP contribution in [-0.2, 0) is 4.74 Å². The van der Waals surface area contributed by atoms with Gasteiger partial charge < -0.3 is 4.74 Å². The molecular formula is C10H19NO. The third kappa shape index (κ3) is 1.17. The van der Waals surface area contributed by atoms with E-state index < -0.39 is 0 Å². The summed E-state index contributed by atoms with van der Waals surface area (Å²) in [6.07, 6.45) is 3.16. The van der Waals surface area contributed by atoms with Crippen LogP contribution in [0.2, 0.25) is 0 Å². The molecule has 2 heterocycles. The van der Waals surface area contributed by atoms with Gasteiger partial charge in [-0.15, -0.1) is 0 Å². The Hall–Kier alpha value is -0.0800. The van der Waals surface area contributed by atoms with Crippen molar-refractivity contribution in [2.75, 3.05) is 13.7 Å². The summed E-state index contributed by atoms with van der Waals surface area (Å²) in [7, 11) is 2.25. The van der Waals surface area contributed by atoms with Crippen LogP contribution in [0, 0.1) is 5.92 Å². The molecule has 2 rings (SSSR count). The molecule has 2 aliphatic rings. The molecule has 12 heavy (non-hydrogen) atoms. The molecule has 0 N–H and O–H groups in total. The van der Waals surface area contributed by atoms with E-state index in [2.05, 4.69) is 25.8 Å². The fraction of sp³-hybridized carbons (Fsp3) is 1.00. The van der Waals surface area contributed by atoms with Gasteiger partial charge in [0.1, 0.15) is 0 Å². The summed E-state index contributed by atoms with van der Waals surface area (Å²) in [4.78, 5) is 2.52. The molecule has 2 fully saturated rings. The number of morpholine rings is 1. The monoisotopic (exact) mass is 169 g/mol. The first-order valence-electron chi connectivity index (χ1n) is 5.03. The van der Waals surface area contributed by atoms with Crippen LogP contribution >= 0.6 is 0 Å². The lowest BCUT2D eigenvalue weighted by atomic mass is 9.98. The number of ether oxygens (including phenoxy) is 1. The zero-order valence-corrected chi connectivity index (χ0v) is 8.29. The SMILES string of the molecule is CC(C)C1OCC2CCC1N2C. The van der Waals surface area contributed by atoms with Gasteiger partial charge in [-0.1, -0.05) is 13.8 Å². The molecule has 2 aliphatic heterocycles. The van der Waals surface area contributed by atoms with Crippen LogP contribution in [0.15, 0.2) is 0 Å². The quantitative estimate of drug-likeness (QED) is 0.590. The molecule has 0 aromatic carbocycles. The summed E-state index contributed by atoms with van der Waals surface area (Å²) in [6, 6.07) is 1.41. The molecular weight excluding hydrogens is 150 g/mol. The Kier molecular flexibility index (Phi) is 2.13. The summed E-state index contributed by atoms with van der Waals surface area (Å²) in [5.74, 6) is 0.663. The molecule has 3 atom stereocenters. The Morgan fingerprint density at radius 1 is 1.33 bits per heavy atom. The number of hydrogen-bond acceptors (Lipinski definition) is 2. The molecule has 0 saturated carbocycles. The molecule has 0 radical (unpaired) electrons. The van der Waals surface area contributed by atoms with E-state index in [1.54, 1.807) is 0 Å². The predicted octanol–water partition coefficient (Wildman–Crippen LogP) is 1.50. The van der Waals surface area contributed by atoms with Crippen molar-refractivity contribution in [2.45, 2.75) is 44.9 Å². The van der Waals surface area contributed by atoms with E-state index in [0.717, 1.165) is 6.61 Å². The van der Waals surface area contributed by atoms with Crippen LogP contribution in [0.5, 0.6) is 0 Å². The molecule has 2 heteroatoms. The first-order chi connectivity index (χ1) is 5.70. The maximum atomic E-state index is 5.86. The predicted molar refractivity (Wildman–Crippen MR) is 49.2 cm³/mol. The van der Waals surface area contributed by atoms with Crippen molar-refractivity contribution in [3.05, 3.63) is 0 Å². The maximum Gasteiger partial charge on any atom is 0.0753 e. The van der Waals surface area contributed by atoms with E-state index in [1.807, 2.05) is 0 Å². The van der Waals surface area contributed by atoms with Gasteiger partial charge in [0.05, 0.1) is 12.7 Å². The van der Waals surface area contributed by atoms with Gasteiger partial charge >= 0.3 is 0 Å². The Bertz CT molecular complexity index is 169. The van der Waals surface area contributed by atoms with Crippen LogP contribution in [0.4, 0.5) is 0 Å². The summed E-state index contributed by atoms with van der Waals surface area (Å²) in [6.45, 7) is 5.48. The molecule has 70 valence electrons. The highest BCUT2D eigenvalue weighted by Crippen LogP contribution is 2.33. The van der Waals surface area contributed by atoms with E-state index >= 15 is 0 Å². The molecule has 0 aliphatic carbocycles. The minimum absolute atomic E-state index is 0.480. The third-order valence-corrected chi connectivity index (χ3v) is 3.41. The Labute approximate surface area is 74.9 Å². The van der Waals surface area contributed by atoms with E-state index in [4.69, 9.17) is 4.74 Å². The normalized spacial score (nSPS) is 42.5. The zero-order chi connectivity index (χ0) is 8.72. The van der Waals surface area contributed by atoms with Crippen molar-refractivity contribution in [1.82, 2.24) is 4.90 Å². The van der Waals surface area contributed by atoms with Crippen LogP contribution in [0.3, 0.4) is 0 Å². The van der Waals surface area contributed by atoms with Crippen molar-refractivity contribution in [2.24, 2.45) is 5.92 Å². The Morgan fingerprint density at radius 2 is 2.08 bits per heavy atom. The van der Waals surface area contributed by atoms with Crippen LogP contribution < -0.4 is 0 Å². The van der Waals surface area contributed by atoms with E-state index in [0.29, 0.717) is 24.1 Å². The summed E-state index contributed by atoms with van der Waals surface area (Å²) in [5, 5.41) is 0. The fourth-order valence-corrected chi connectivity index (χ4v) is 2.61. The largest absolute Gasteiger partial charge is 0.375 e. The van der Waals surface area contributed by atoms with Crippen LogP contribution in [0.25, 0.3) is 0 Å². The molecule has 2 saturated heterocycles. The average Bonchev–Trinajstić information content (AvgIpc) is 2.32. The van der Waals surface area contributed by atoms with Crippen molar-refractivity contribution in [3.63, 3.8) is 0 Å². The van der Waals surface area contributed by atoms with Crippen molar-refractivity contribution in [1.29, 1.82) is 0 Å². The standard InChI is InChI=1S/C10H19NO/c1-7(2)10-9-5-4-8(6-12-10)11(9)3/h7-10H,4-6H2,1-3H3. The Balaban J connectivity index is 2.09. The molecule has 0 aromatic rings. The smallest absolute Gasteiger partial charge is 0.0753 e. The highest BCUT2D eigenvalue weighted by Gasteiger charge is 2.41. The van der Waals surface area contributed by atoms with Gasteiger partial charge in [-0.25, -0.2) is 0 Å². The van der Waals surface area contributed by atoms with E-state index in [1.165, 1.54) is 12.8 Å². The van der Waals surface area contributed by atoms with Crippen molar-refractivity contribution >= 4 is 0 Å². The van der Waals surface area contributed by atoms with Crippen LogP contribution in [-0.4, -0.2) is 36.7 Å². The van der Waals surface area contributed by atoms with Gasteiger partial charge in [-0.2, -0.15) is 0 Å². The summed E-state index contributed by atoms with van der Waals surface area (Å²) in [5.41, 5.74) is 0. The molecule has 3 unspecified atom stereocenters.